The van der Waals surface area contributed by atoms with Gasteiger partial charge in [-0.2, -0.15) is 0 Å². The molecule has 1 atom stereocenters. The molecule has 116 valence electrons. The first kappa shape index (κ1) is 17.2. The van der Waals surface area contributed by atoms with Crippen molar-refractivity contribution in [3.05, 3.63) is 35.4 Å². The zero-order chi connectivity index (χ0) is 16.0. The van der Waals surface area contributed by atoms with Crippen molar-refractivity contribution < 1.29 is 19.4 Å². The van der Waals surface area contributed by atoms with E-state index in [4.69, 9.17) is 9.84 Å². The van der Waals surface area contributed by atoms with E-state index in [-0.39, 0.29) is 18.9 Å². The number of carbonyl (C=O) groups excluding carboxylic acids is 1. The number of nitrogens with one attached hydrogen (secondary N) is 1. The molecule has 0 saturated carbocycles. The molecule has 0 bridgehead atoms. The molecule has 5 heteroatoms. The molecule has 0 spiro atoms. The molecule has 2 N–H and O–H groups in total. The van der Waals surface area contributed by atoms with Crippen LogP contribution in [0.15, 0.2) is 24.3 Å². The second-order valence-electron chi connectivity index (χ2n) is 5.64. The second kappa shape index (κ2) is 7.22. The molecule has 0 aliphatic carbocycles. The molecule has 1 aromatic carbocycles. The number of carboxylic acids is 1. The number of hydrogen-bond acceptors (Lipinski definition) is 3. The normalized spacial score (nSPS) is 12.8. The Labute approximate surface area is 125 Å². The van der Waals surface area contributed by atoms with Gasteiger partial charge in [-0.3, -0.25) is 4.79 Å². The fraction of sp³-hybridized carbons (Fsp3) is 0.500. The quantitative estimate of drug-likeness (QED) is 0.805. The molecule has 0 aliphatic heterocycles. The van der Waals surface area contributed by atoms with Gasteiger partial charge in [-0.05, 0) is 26.3 Å². The molecule has 0 aromatic heterocycles. The number of amides is 1. The van der Waals surface area contributed by atoms with Crippen LogP contribution in [-0.2, 0) is 19.7 Å². The minimum Gasteiger partial charge on any atom is -0.480 e. The predicted molar refractivity (Wildman–Crippen MR) is 80.3 cm³/mol. The highest BCUT2D eigenvalue weighted by Crippen LogP contribution is 2.24. The smallest absolute Gasteiger partial charge is 0.326 e. The molecule has 1 unspecified atom stereocenters. The van der Waals surface area contributed by atoms with Gasteiger partial charge >= 0.3 is 5.97 Å². The van der Waals surface area contributed by atoms with Crippen LogP contribution in [0.4, 0.5) is 0 Å². The molecule has 1 aromatic rings. The summed E-state index contributed by atoms with van der Waals surface area (Å²) in [6.07, 6.45) is 0.238. The summed E-state index contributed by atoms with van der Waals surface area (Å²) in [4.78, 5) is 23.6. The van der Waals surface area contributed by atoms with Gasteiger partial charge in [-0.15, -0.1) is 0 Å². The van der Waals surface area contributed by atoms with E-state index in [9.17, 15) is 9.59 Å². The molecule has 0 heterocycles. The number of ether oxygens (including phenoxy) is 1. The highest BCUT2D eigenvalue weighted by molar-refractivity contribution is 5.90. The lowest BCUT2D eigenvalue weighted by Gasteiger charge is -2.26. The topological polar surface area (TPSA) is 75.6 Å². The molecule has 1 rings (SSSR count). The van der Waals surface area contributed by atoms with Gasteiger partial charge < -0.3 is 15.2 Å². The maximum atomic E-state index is 12.4. The van der Waals surface area contributed by atoms with Gasteiger partial charge in [0.2, 0.25) is 5.91 Å². The third kappa shape index (κ3) is 4.56. The number of carboxylic acid groups (broad SMARTS) is 1. The van der Waals surface area contributed by atoms with Crippen LogP contribution in [-0.4, -0.2) is 36.7 Å². The molecule has 0 aliphatic rings. The fourth-order valence-electron chi connectivity index (χ4n) is 1.93. The van der Waals surface area contributed by atoms with Crippen LogP contribution >= 0.6 is 0 Å². The Bertz CT molecular complexity index is 494. The Morgan fingerprint density at radius 3 is 2.33 bits per heavy atom. The summed E-state index contributed by atoms with van der Waals surface area (Å²) < 4.78 is 4.87. The van der Waals surface area contributed by atoms with E-state index in [1.165, 1.54) is 7.11 Å². The van der Waals surface area contributed by atoms with Gasteiger partial charge in [0.1, 0.15) is 6.04 Å². The van der Waals surface area contributed by atoms with E-state index in [0.29, 0.717) is 0 Å². The maximum absolute atomic E-state index is 12.4. The number of methoxy groups -OCH3 is 1. The van der Waals surface area contributed by atoms with E-state index in [0.717, 1.165) is 11.1 Å². The third-order valence-corrected chi connectivity index (χ3v) is 3.55. The van der Waals surface area contributed by atoms with Crippen molar-refractivity contribution in [1.82, 2.24) is 5.32 Å². The van der Waals surface area contributed by atoms with Gasteiger partial charge in [-0.25, -0.2) is 4.79 Å². The fourth-order valence-corrected chi connectivity index (χ4v) is 1.93. The number of carbonyl (C=O) groups is 2. The predicted octanol–water partition coefficient (Wildman–Crippen LogP) is 1.88. The zero-order valence-electron chi connectivity index (χ0n) is 13.0. The lowest BCUT2D eigenvalue weighted by atomic mass is 9.83. The van der Waals surface area contributed by atoms with Crippen molar-refractivity contribution >= 4 is 11.9 Å². The Hall–Kier alpha value is -1.88. The molecule has 5 nitrogen and oxygen atoms in total. The Balaban J connectivity index is 2.84. The molecule has 0 saturated heterocycles. The monoisotopic (exact) mass is 293 g/mol. The van der Waals surface area contributed by atoms with Crippen LogP contribution in [0.2, 0.25) is 0 Å². The molecular formula is C16H23NO4. The Morgan fingerprint density at radius 2 is 1.86 bits per heavy atom. The average Bonchev–Trinajstić information content (AvgIpc) is 2.43. The SMILES string of the molecule is COCCC(NC(=O)C(C)(C)c1ccc(C)cc1)C(=O)O. The number of aliphatic carboxylic acids is 1. The summed E-state index contributed by atoms with van der Waals surface area (Å²) in [7, 11) is 1.50. The van der Waals surface area contributed by atoms with Crippen molar-refractivity contribution in [2.24, 2.45) is 0 Å². The standard InChI is InChI=1S/C16H23NO4/c1-11-5-7-12(8-6-11)16(2,3)15(20)17-13(14(18)19)9-10-21-4/h5-8,13H,9-10H2,1-4H3,(H,17,20)(H,18,19). The first-order valence-corrected chi connectivity index (χ1v) is 6.89. The van der Waals surface area contributed by atoms with Gasteiger partial charge in [0.05, 0.1) is 5.41 Å². The maximum Gasteiger partial charge on any atom is 0.326 e. The van der Waals surface area contributed by atoms with Crippen LogP contribution in [0.1, 0.15) is 31.4 Å². The highest BCUT2D eigenvalue weighted by atomic mass is 16.5. The third-order valence-electron chi connectivity index (χ3n) is 3.55. The number of rotatable bonds is 7. The number of hydrogen-bond donors (Lipinski definition) is 2. The first-order valence-electron chi connectivity index (χ1n) is 6.89. The van der Waals surface area contributed by atoms with Gasteiger partial charge in [-0.1, -0.05) is 29.8 Å². The lowest BCUT2D eigenvalue weighted by molar-refractivity contribution is -0.143. The lowest BCUT2D eigenvalue weighted by Crippen LogP contribution is -2.48. The van der Waals surface area contributed by atoms with Crippen molar-refractivity contribution in [1.29, 1.82) is 0 Å². The van der Waals surface area contributed by atoms with Gasteiger partial charge in [0.25, 0.3) is 0 Å². The number of aryl methyl sites for hydroxylation is 1. The van der Waals surface area contributed by atoms with Crippen LogP contribution in [0, 0.1) is 6.92 Å². The molecule has 0 radical (unpaired) electrons. The summed E-state index contributed by atoms with van der Waals surface area (Å²) in [5.74, 6) is -1.37. The Kier molecular flexibility index (Phi) is 5.90. The molecule has 21 heavy (non-hydrogen) atoms. The van der Waals surface area contributed by atoms with Crippen molar-refractivity contribution in [3.63, 3.8) is 0 Å². The Morgan fingerprint density at radius 1 is 1.29 bits per heavy atom. The molecule has 0 fully saturated rings. The second-order valence-corrected chi connectivity index (χ2v) is 5.64. The summed E-state index contributed by atoms with van der Waals surface area (Å²) >= 11 is 0. The highest BCUT2D eigenvalue weighted by Gasteiger charge is 2.32. The largest absolute Gasteiger partial charge is 0.480 e. The van der Waals surface area contributed by atoms with Crippen molar-refractivity contribution in [3.8, 4) is 0 Å². The summed E-state index contributed by atoms with van der Waals surface area (Å²) in [6, 6.07) is 6.70. The summed E-state index contributed by atoms with van der Waals surface area (Å²) in [5.41, 5.74) is 1.16. The van der Waals surface area contributed by atoms with Gasteiger partial charge in [0, 0.05) is 20.1 Å². The van der Waals surface area contributed by atoms with Crippen LogP contribution in [0.3, 0.4) is 0 Å². The van der Waals surface area contributed by atoms with E-state index in [1.54, 1.807) is 13.8 Å². The van der Waals surface area contributed by atoms with E-state index >= 15 is 0 Å². The van der Waals surface area contributed by atoms with Crippen LogP contribution in [0.5, 0.6) is 0 Å². The van der Waals surface area contributed by atoms with E-state index < -0.39 is 17.4 Å². The molecule has 1 amide bonds. The minimum absolute atomic E-state index is 0.238. The van der Waals surface area contributed by atoms with E-state index in [1.807, 2.05) is 31.2 Å². The summed E-state index contributed by atoms with van der Waals surface area (Å²) in [5, 5.41) is 11.7. The molecular weight excluding hydrogens is 270 g/mol. The van der Waals surface area contributed by atoms with Crippen LogP contribution < -0.4 is 5.32 Å². The van der Waals surface area contributed by atoms with Gasteiger partial charge in [0.15, 0.2) is 0 Å². The zero-order valence-corrected chi connectivity index (χ0v) is 13.0. The average molecular weight is 293 g/mol. The van der Waals surface area contributed by atoms with Crippen molar-refractivity contribution in [2.45, 2.75) is 38.6 Å². The minimum atomic E-state index is -1.06. The van der Waals surface area contributed by atoms with E-state index in [2.05, 4.69) is 5.32 Å². The number of benzene rings is 1. The van der Waals surface area contributed by atoms with Crippen molar-refractivity contribution in [2.75, 3.05) is 13.7 Å². The van der Waals surface area contributed by atoms with Crippen LogP contribution in [0.25, 0.3) is 0 Å². The summed E-state index contributed by atoms with van der Waals surface area (Å²) in [6.45, 7) is 5.81. The first-order chi connectivity index (χ1) is 9.78.